The number of anilines is 1. The van der Waals surface area contributed by atoms with E-state index in [0.717, 1.165) is 6.42 Å². The molecule has 2 N–H and O–H groups in total. The van der Waals surface area contributed by atoms with Crippen LogP contribution >= 0.6 is 11.6 Å². The highest BCUT2D eigenvalue weighted by molar-refractivity contribution is 6.34. The van der Waals surface area contributed by atoms with Gasteiger partial charge < -0.3 is 15.3 Å². The van der Waals surface area contributed by atoms with Gasteiger partial charge in [-0.1, -0.05) is 11.6 Å². The van der Waals surface area contributed by atoms with Crippen molar-refractivity contribution in [1.82, 2.24) is 5.32 Å². The maximum absolute atomic E-state index is 12.1. The molecule has 1 aliphatic rings. The second kappa shape index (κ2) is 6.24. The highest BCUT2D eigenvalue weighted by Crippen LogP contribution is 2.26. The Labute approximate surface area is 122 Å². The van der Waals surface area contributed by atoms with Crippen molar-refractivity contribution in [2.24, 2.45) is 0 Å². The zero-order valence-corrected chi connectivity index (χ0v) is 12.0. The van der Waals surface area contributed by atoms with Gasteiger partial charge >= 0.3 is 0 Å². The molecule has 0 bridgehead atoms. The quantitative estimate of drug-likeness (QED) is 0.886. The summed E-state index contributed by atoms with van der Waals surface area (Å²) in [6, 6.07) is 4.61. The van der Waals surface area contributed by atoms with E-state index in [-0.39, 0.29) is 24.5 Å². The van der Waals surface area contributed by atoms with E-state index in [9.17, 15) is 9.59 Å². The minimum absolute atomic E-state index is 0.0578. The van der Waals surface area contributed by atoms with Crippen molar-refractivity contribution in [2.75, 3.05) is 18.1 Å². The van der Waals surface area contributed by atoms with Gasteiger partial charge in [-0.15, -0.1) is 0 Å². The molecule has 0 aliphatic carbocycles. The first kappa shape index (κ1) is 14.8. The first-order valence-corrected chi connectivity index (χ1v) is 6.92. The van der Waals surface area contributed by atoms with Gasteiger partial charge in [-0.3, -0.25) is 9.59 Å². The van der Waals surface area contributed by atoms with Gasteiger partial charge in [0.1, 0.15) is 0 Å². The van der Waals surface area contributed by atoms with E-state index in [1.807, 2.05) is 0 Å². The monoisotopic (exact) mass is 296 g/mol. The maximum atomic E-state index is 12.1. The summed E-state index contributed by atoms with van der Waals surface area (Å²) in [6.07, 6.45) is 1.36. The molecule has 1 aliphatic heterocycles. The zero-order valence-electron chi connectivity index (χ0n) is 11.2. The molecule has 0 spiro atoms. The number of aliphatic hydroxyl groups is 1. The lowest BCUT2D eigenvalue weighted by Gasteiger charge is -2.18. The van der Waals surface area contributed by atoms with Gasteiger partial charge in [0.05, 0.1) is 17.2 Å². The summed E-state index contributed by atoms with van der Waals surface area (Å²) < 4.78 is 0. The molecular weight excluding hydrogens is 280 g/mol. The molecule has 1 heterocycles. The number of carbonyl (C=O) groups is 2. The van der Waals surface area contributed by atoms with Gasteiger partial charge in [-0.05, 0) is 31.5 Å². The molecule has 1 saturated heterocycles. The first-order valence-electron chi connectivity index (χ1n) is 6.54. The largest absolute Gasteiger partial charge is 0.394 e. The molecule has 2 amide bonds. The van der Waals surface area contributed by atoms with Crippen molar-refractivity contribution in [2.45, 2.75) is 25.8 Å². The fraction of sp³-hybridized carbons (Fsp3) is 0.429. The lowest BCUT2D eigenvalue weighted by Crippen LogP contribution is -2.35. The smallest absolute Gasteiger partial charge is 0.253 e. The highest BCUT2D eigenvalue weighted by Gasteiger charge is 2.23. The molecule has 1 fully saturated rings. The lowest BCUT2D eigenvalue weighted by molar-refractivity contribution is -0.117. The van der Waals surface area contributed by atoms with Crippen LogP contribution in [-0.2, 0) is 4.79 Å². The minimum atomic E-state index is -0.356. The van der Waals surface area contributed by atoms with Crippen LogP contribution in [0.3, 0.4) is 0 Å². The Morgan fingerprint density at radius 2 is 2.30 bits per heavy atom. The Balaban J connectivity index is 2.24. The fourth-order valence-electron chi connectivity index (χ4n) is 2.12. The fourth-order valence-corrected chi connectivity index (χ4v) is 2.33. The highest BCUT2D eigenvalue weighted by atomic mass is 35.5. The van der Waals surface area contributed by atoms with Crippen LogP contribution < -0.4 is 10.2 Å². The van der Waals surface area contributed by atoms with E-state index in [2.05, 4.69) is 5.32 Å². The molecule has 2 rings (SSSR count). The van der Waals surface area contributed by atoms with Crippen LogP contribution in [0.4, 0.5) is 5.69 Å². The number of hydrogen-bond donors (Lipinski definition) is 2. The van der Waals surface area contributed by atoms with Crippen molar-refractivity contribution in [3.63, 3.8) is 0 Å². The molecule has 6 heteroatoms. The number of hydrogen-bond acceptors (Lipinski definition) is 3. The van der Waals surface area contributed by atoms with Crippen LogP contribution in [0, 0.1) is 0 Å². The summed E-state index contributed by atoms with van der Waals surface area (Å²) >= 11 is 6.03. The van der Waals surface area contributed by atoms with Gasteiger partial charge in [-0.2, -0.15) is 0 Å². The van der Waals surface area contributed by atoms with Gasteiger partial charge in [0.15, 0.2) is 0 Å². The molecule has 1 unspecified atom stereocenters. The summed E-state index contributed by atoms with van der Waals surface area (Å²) in [5.41, 5.74) is 0.989. The van der Waals surface area contributed by atoms with Crippen molar-refractivity contribution in [1.29, 1.82) is 0 Å². The number of halogens is 1. The van der Waals surface area contributed by atoms with Crippen LogP contribution in [-0.4, -0.2) is 36.1 Å². The number of nitrogens with zero attached hydrogens (tertiary/aromatic N) is 1. The molecule has 0 radical (unpaired) electrons. The van der Waals surface area contributed by atoms with Crippen molar-refractivity contribution >= 4 is 29.1 Å². The van der Waals surface area contributed by atoms with E-state index in [0.29, 0.717) is 29.2 Å². The number of nitrogens with one attached hydrogen (secondary N) is 1. The SMILES string of the molecule is CC(CO)NC(=O)c1cc(N2CCCC2=O)ccc1Cl. The molecule has 0 saturated carbocycles. The topological polar surface area (TPSA) is 69.6 Å². The van der Waals surface area contributed by atoms with Crippen LogP contribution in [0.25, 0.3) is 0 Å². The number of amides is 2. The van der Waals surface area contributed by atoms with E-state index in [1.54, 1.807) is 30.0 Å². The lowest BCUT2D eigenvalue weighted by atomic mass is 10.1. The Kier molecular flexibility index (Phi) is 4.62. The van der Waals surface area contributed by atoms with E-state index in [1.165, 1.54) is 0 Å². The summed E-state index contributed by atoms with van der Waals surface area (Å²) in [7, 11) is 0. The van der Waals surface area contributed by atoms with Gasteiger partial charge in [0.2, 0.25) is 5.91 Å². The maximum Gasteiger partial charge on any atom is 0.253 e. The molecule has 108 valence electrons. The van der Waals surface area contributed by atoms with Crippen molar-refractivity contribution in [3.05, 3.63) is 28.8 Å². The number of aliphatic hydroxyl groups excluding tert-OH is 1. The number of benzene rings is 1. The van der Waals surface area contributed by atoms with E-state index < -0.39 is 0 Å². The zero-order chi connectivity index (χ0) is 14.7. The summed E-state index contributed by atoms with van der Waals surface area (Å²) in [4.78, 5) is 25.5. The molecule has 20 heavy (non-hydrogen) atoms. The molecule has 5 nitrogen and oxygen atoms in total. The average Bonchev–Trinajstić information content (AvgIpc) is 2.85. The molecule has 0 aromatic heterocycles. The number of rotatable bonds is 4. The van der Waals surface area contributed by atoms with Crippen LogP contribution in [0.5, 0.6) is 0 Å². The van der Waals surface area contributed by atoms with E-state index >= 15 is 0 Å². The molecular formula is C14H17ClN2O3. The van der Waals surface area contributed by atoms with Crippen LogP contribution in [0.1, 0.15) is 30.1 Å². The van der Waals surface area contributed by atoms with Crippen molar-refractivity contribution < 1.29 is 14.7 Å². The normalized spacial score (nSPS) is 16.4. The number of carbonyl (C=O) groups excluding carboxylic acids is 2. The minimum Gasteiger partial charge on any atom is -0.394 e. The van der Waals surface area contributed by atoms with Gasteiger partial charge in [0, 0.05) is 24.7 Å². The Hall–Kier alpha value is -1.59. The third-order valence-corrected chi connectivity index (χ3v) is 3.56. The molecule has 1 aromatic rings. The second-order valence-corrected chi connectivity index (χ2v) is 5.28. The van der Waals surface area contributed by atoms with Gasteiger partial charge in [0.25, 0.3) is 5.91 Å². The third kappa shape index (κ3) is 3.11. The summed E-state index contributed by atoms with van der Waals surface area (Å²) in [5.74, 6) is -0.299. The van der Waals surface area contributed by atoms with Crippen LogP contribution in [0.2, 0.25) is 5.02 Å². The average molecular weight is 297 g/mol. The Morgan fingerprint density at radius 1 is 1.55 bits per heavy atom. The first-order chi connectivity index (χ1) is 9.52. The predicted octanol–water partition coefficient (Wildman–Crippen LogP) is 1.58. The van der Waals surface area contributed by atoms with E-state index in [4.69, 9.17) is 16.7 Å². The van der Waals surface area contributed by atoms with Crippen LogP contribution in [0.15, 0.2) is 18.2 Å². The Bertz CT molecular complexity index is 533. The summed E-state index contributed by atoms with van der Waals surface area (Å²) in [6.45, 7) is 2.21. The standard InChI is InChI=1S/C14H17ClN2O3/c1-9(8-18)16-14(20)11-7-10(4-5-12(11)15)17-6-2-3-13(17)19/h4-5,7,9,18H,2-3,6,8H2,1H3,(H,16,20). The molecule has 1 atom stereocenters. The van der Waals surface area contributed by atoms with Crippen molar-refractivity contribution in [3.8, 4) is 0 Å². The second-order valence-electron chi connectivity index (χ2n) is 4.87. The van der Waals surface area contributed by atoms with Gasteiger partial charge in [-0.25, -0.2) is 0 Å². The Morgan fingerprint density at radius 3 is 2.90 bits per heavy atom. The molecule has 1 aromatic carbocycles. The predicted molar refractivity (Wildman–Crippen MR) is 77.1 cm³/mol. The summed E-state index contributed by atoms with van der Waals surface area (Å²) in [5, 5.41) is 11.9. The third-order valence-electron chi connectivity index (χ3n) is 3.23.